The normalized spacial score (nSPS) is 16.3. The van der Waals surface area contributed by atoms with Gasteiger partial charge in [-0.1, -0.05) is 42.5 Å². The Morgan fingerprint density at radius 2 is 1.70 bits per heavy atom. The second-order valence-corrected chi connectivity index (χ2v) is 6.99. The average molecular weight is 368 g/mol. The van der Waals surface area contributed by atoms with Gasteiger partial charge in [0.15, 0.2) is 0 Å². The minimum absolute atomic E-state index is 0.181. The van der Waals surface area contributed by atoms with Crippen molar-refractivity contribution >= 4 is 5.91 Å². The van der Waals surface area contributed by atoms with E-state index in [1.807, 2.05) is 47.4 Å². The molecule has 144 valence electrons. The van der Waals surface area contributed by atoms with Crippen LogP contribution in [0, 0.1) is 0 Å². The van der Waals surface area contributed by atoms with Gasteiger partial charge in [-0.25, -0.2) is 0 Å². The van der Waals surface area contributed by atoms with Crippen molar-refractivity contribution in [1.82, 2.24) is 9.80 Å². The number of carbonyl (C=O) groups excluding carboxylic acids is 1. The molecule has 5 nitrogen and oxygen atoms in total. The van der Waals surface area contributed by atoms with Gasteiger partial charge in [0.1, 0.15) is 5.75 Å². The van der Waals surface area contributed by atoms with Crippen LogP contribution in [-0.2, 0) is 16.0 Å². The van der Waals surface area contributed by atoms with Crippen LogP contribution in [-0.4, -0.2) is 67.3 Å². The first-order valence-corrected chi connectivity index (χ1v) is 9.50. The molecule has 1 aliphatic rings. The van der Waals surface area contributed by atoms with Crippen LogP contribution < -0.4 is 0 Å². The summed E-state index contributed by atoms with van der Waals surface area (Å²) in [5, 5.41) is 9.52. The molecule has 3 rings (SSSR count). The van der Waals surface area contributed by atoms with Gasteiger partial charge in [-0.05, 0) is 29.7 Å². The Morgan fingerprint density at radius 3 is 2.33 bits per heavy atom. The van der Waals surface area contributed by atoms with Crippen molar-refractivity contribution in [2.45, 2.75) is 12.3 Å². The highest BCUT2D eigenvalue weighted by Gasteiger charge is 2.28. The van der Waals surface area contributed by atoms with Gasteiger partial charge in [-0.3, -0.25) is 9.69 Å². The number of carbonyl (C=O) groups is 1. The number of benzene rings is 2. The lowest BCUT2D eigenvalue weighted by atomic mass is 9.90. The van der Waals surface area contributed by atoms with E-state index < -0.39 is 0 Å². The Kier molecular flexibility index (Phi) is 6.85. The fraction of sp³-hybridized carbons (Fsp3) is 0.409. The smallest absolute Gasteiger partial charge is 0.230 e. The molecule has 0 radical (unpaired) electrons. The highest BCUT2D eigenvalue weighted by atomic mass is 16.5. The molecule has 1 aliphatic heterocycles. The predicted octanol–water partition coefficient (Wildman–Crippen LogP) is 2.51. The van der Waals surface area contributed by atoms with Crippen LogP contribution in [0.3, 0.4) is 0 Å². The van der Waals surface area contributed by atoms with Crippen LogP contribution in [0.25, 0.3) is 0 Å². The van der Waals surface area contributed by atoms with Crippen molar-refractivity contribution in [2.75, 3.05) is 46.4 Å². The summed E-state index contributed by atoms with van der Waals surface area (Å²) in [5.74, 6) is 0.218. The molecule has 2 aromatic carbocycles. The molecule has 1 N–H and O–H groups in total. The minimum atomic E-state index is -0.207. The van der Waals surface area contributed by atoms with E-state index in [4.69, 9.17) is 4.74 Å². The zero-order valence-corrected chi connectivity index (χ0v) is 15.9. The van der Waals surface area contributed by atoms with E-state index in [0.29, 0.717) is 6.42 Å². The zero-order valence-electron chi connectivity index (χ0n) is 15.9. The second kappa shape index (κ2) is 9.53. The van der Waals surface area contributed by atoms with E-state index in [2.05, 4.69) is 4.90 Å². The number of aromatic hydroxyl groups is 1. The Morgan fingerprint density at radius 1 is 1.04 bits per heavy atom. The van der Waals surface area contributed by atoms with E-state index in [1.165, 1.54) is 0 Å². The van der Waals surface area contributed by atoms with E-state index in [0.717, 1.165) is 50.5 Å². The molecule has 0 spiro atoms. The van der Waals surface area contributed by atoms with E-state index in [1.54, 1.807) is 19.2 Å². The summed E-state index contributed by atoms with van der Waals surface area (Å²) in [6, 6.07) is 17.1. The number of piperazine rings is 1. The fourth-order valence-electron chi connectivity index (χ4n) is 3.53. The van der Waals surface area contributed by atoms with E-state index >= 15 is 0 Å². The summed E-state index contributed by atoms with van der Waals surface area (Å²) in [5.41, 5.74) is 2.09. The molecule has 0 aliphatic carbocycles. The molecule has 0 saturated carbocycles. The number of amides is 1. The van der Waals surface area contributed by atoms with Gasteiger partial charge in [0.25, 0.3) is 0 Å². The van der Waals surface area contributed by atoms with Gasteiger partial charge in [0.05, 0.1) is 12.5 Å². The number of phenolic OH excluding ortho intramolecular Hbond substituents is 1. The zero-order chi connectivity index (χ0) is 19.1. The third kappa shape index (κ3) is 5.31. The van der Waals surface area contributed by atoms with Gasteiger partial charge in [0.2, 0.25) is 5.91 Å². The number of hydrogen-bond acceptors (Lipinski definition) is 4. The first-order chi connectivity index (χ1) is 13.2. The SMILES string of the molecule is COCCN1CCN(C(=O)[C@H](Cc2ccc(O)cc2)c2ccccc2)CC1. The topological polar surface area (TPSA) is 53.0 Å². The van der Waals surface area contributed by atoms with Gasteiger partial charge in [-0.2, -0.15) is 0 Å². The third-order valence-corrected chi connectivity index (χ3v) is 5.17. The standard InChI is InChI=1S/C22H28N2O3/c1-27-16-15-23-11-13-24(14-12-23)22(26)21(19-5-3-2-4-6-19)17-18-7-9-20(25)10-8-18/h2-10,21,25H,11-17H2,1H3/t21-/m1/s1. The van der Waals surface area contributed by atoms with Crippen molar-refractivity contribution in [3.05, 3.63) is 65.7 Å². The lowest BCUT2D eigenvalue weighted by Crippen LogP contribution is -2.50. The Bertz CT molecular complexity index is 710. The van der Waals surface area contributed by atoms with Crippen molar-refractivity contribution in [3.8, 4) is 5.75 Å². The first-order valence-electron chi connectivity index (χ1n) is 9.50. The number of rotatable bonds is 7. The minimum Gasteiger partial charge on any atom is -0.508 e. The highest BCUT2D eigenvalue weighted by molar-refractivity contribution is 5.84. The molecule has 1 saturated heterocycles. The van der Waals surface area contributed by atoms with Gasteiger partial charge in [0, 0.05) is 39.8 Å². The summed E-state index contributed by atoms with van der Waals surface area (Å²) in [7, 11) is 1.72. The Hall–Kier alpha value is -2.37. The largest absolute Gasteiger partial charge is 0.508 e. The van der Waals surface area contributed by atoms with Crippen molar-refractivity contribution in [1.29, 1.82) is 0 Å². The Balaban J connectivity index is 1.71. The van der Waals surface area contributed by atoms with Gasteiger partial charge >= 0.3 is 0 Å². The molecule has 0 aromatic heterocycles. The summed E-state index contributed by atoms with van der Waals surface area (Å²) in [6.45, 7) is 4.91. The lowest BCUT2D eigenvalue weighted by molar-refractivity contribution is -0.134. The molecular weight excluding hydrogens is 340 g/mol. The molecule has 1 atom stereocenters. The summed E-state index contributed by atoms with van der Waals surface area (Å²) in [4.78, 5) is 17.6. The fourth-order valence-corrected chi connectivity index (χ4v) is 3.53. The summed E-state index contributed by atoms with van der Waals surface area (Å²) < 4.78 is 5.15. The maximum absolute atomic E-state index is 13.3. The van der Waals surface area contributed by atoms with Crippen LogP contribution >= 0.6 is 0 Å². The molecule has 27 heavy (non-hydrogen) atoms. The van der Waals surface area contributed by atoms with Crippen LogP contribution in [0.1, 0.15) is 17.0 Å². The van der Waals surface area contributed by atoms with E-state index in [9.17, 15) is 9.90 Å². The van der Waals surface area contributed by atoms with Crippen molar-refractivity contribution < 1.29 is 14.6 Å². The van der Waals surface area contributed by atoms with Crippen molar-refractivity contribution in [3.63, 3.8) is 0 Å². The monoisotopic (exact) mass is 368 g/mol. The lowest BCUT2D eigenvalue weighted by Gasteiger charge is -2.36. The first kappa shape index (κ1) is 19.4. The molecule has 1 amide bonds. The van der Waals surface area contributed by atoms with E-state index in [-0.39, 0.29) is 17.6 Å². The number of methoxy groups -OCH3 is 1. The van der Waals surface area contributed by atoms with Gasteiger partial charge in [-0.15, -0.1) is 0 Å². The van der Waals surface area contributed by atoms with Crippen LogP contribution in [0.4, 0.5) is 0 Å². The number of nitrogens with zero attached hydrogens (tertiary/aromatic N) is 2. The molecule has 1 fully saturated rings. The van der Waals surface area contributed by atoms with Crippen LogP contribution in [0.15, 0.2) is 54.6 Å². The molecule has 5 heteroatoms. The molecule has 2 aromatic rings. The Labute approximate surface area is 161 Å². The van der Waals surface area contributed by atoms with Gasteiger partial charge < -0.3 is 14.7 Å². The summed E-state index contributed by atoms with van der Waals surface area (Å²) >= 11 is 0. The maximum Gasteiger partial charge on any atom is 0.230 e. The molecule has 0 unspecified atom stereocenters. The summed E-state index contributed by atoms with van der Waals surface area (Å²) in [6.07, 6.45) is 0.632. The second-order valence-electron chi connectivity index (χ2n) is 6.99. The number of ether oxygens (including phenoxy) is 1. The molecule has 1 heterocycles. The average Bonchev–Trinajstić information content (AvgIpc) is 2.72. The quantitative estimate of drug-likeness (QED) is 0.816. The maximum atomic E-state index is 13.3. The molecular formula is C22H28N2O3. The van der Waals surface area contributed by atoms with Crippen LogP contribution in [0.2, 0.25) is 0 Å². The molecule has 0 bridgehead atoms. The van der Waals surface area contributed by atoms with Crippen LogP contribution in [0.5, 0.6) is 5.75 Å². The number of phenols is 1. The number of hydrogen-bond donors (Lipinski definition) is 1. The van der Waals surface area contributed by atoms with Crippen molar-refractivity contribution in [2.24, 2.45) is 0 Å². The highest BCUT2D eigenvalue weighted by Crippen LogP contribution is 2.25. The third-order valence-electron chi connectivity index (χ3n) is 5.17. The predicted molar refractivity (Wildman–Crippen MR) is 106 cm³/mol.